The molecule has 34 heavy (non-hydrogen) atoms. The summed E-state index contributed by atoms with van der Waals surface area (Å²) < 4.78 is 81.6. The molecule has 3 heterocycles. The van der Waals surface area contributed by atoms with Gasteiger partial charge < -0.3 is 4.42 Å². The first-order valence-corrected chi connectivity index (χ1v) is 11.0. The predicted octanol–water partition coefficient (Wildman–Crippen LogP) is 7.53. The molecule has 0 bridgehead atoms. The minimum Gasteiger partial charge on any atom is -0.437 e. The van der Waals surface area contributed by atoms with Crippen molar-refractivity contribution in [3.8, 4) is 22.4 Å². The van der Waals surface area contributed by atoms with Crippen LogP contribution in [-0.2, 0) is 7.05 Å². The number of nitrogens with zero attached hydrogens (tertiary/aromatic N) is 2. The van der Waals surface area contributed by atoms with Gasteiger partial charge in [-0.1, -0.05) is 54.6 Å². The molecule has 0 unspecified atom stereocenters. The molecule has 6 aromatic rings. The molecule has 0 aliphatic rings. The van der Waals surface area contributed by atoms with E-state index in [0.29, 0.717) is 38.5 Å². The predicted molar refractivity (Wildman–Crippen MR) is 140 cm³/mol. The lowest BCUT2D eigenvalue weighted by molar-refractivity contribution is -0.660. The standard InChI is InChI=1S/C31H27N2O/c1-18-10-9-13-23-15-25-27-19(2)14-20(3)28(30(27)34-31(25)32-29(18)23)26-16-24(21(4)17-33(26)5)22-11-7-6-8-12-22/h6-17H,1-5H3/q+1/i1D3,2D3,4D3. The van der Waals surface area contributed by atoms with E-state index in [1.165, 1.54) is 6.07 Å². The van der Waals surface area contributed by atoms with Gasteiger partial charge in [-0.15, -0.1) is 0 Å². The number of hydrogen-bond donors (Lipinski definition) is 0. The van der Waals surface area contributed by atoms with E-state index < -0.39 is 20.6 Å². The molecule has 0 radical (unpaired) electrons. The lowest BCUT2D eigenvalue weighted by atomic mass is 9.94. The van der Waals surface area contributed by atoms with Crippen molar-refractivity contribution in [2.45, 2.75) is 27.5 Å². The summed E-state index contributed by atoms with van der Waals surface area (Å²) in [7, 11) is 1.74. The van der Waals surface area contributed by atoms with Crippen molar-refractivity contribution in [2.75, 3.05) is 0 Å². The molecule has 3 aromatic heterocycles. The summed E-state index contributed by atoms with van der Waals surface area (Å²) in [5.74, 6) is 0. The summed E-state index contributed by atoms with van der Waals surface area (Å²) in [6.07, 6.45) is 1.57. The highest BCUT2D eigenvalue weighted by Crippen LogP contribution is 2.40. The van der Waals surface area contributed by atoms with Gasteiger partial charge >= 0.3 is 0 Å². The van der Waals surface area contributed by atoms with Crippen molar-refractivity contribution in [3.05, 3.63) is 95.2 Å². The normalized spacial score (nSPS) is 16.7. The van der Waals surface area contributed by atoms with Crippen molar-refractivity contribution >= 4 is 33.0 Å². The van der Waals surface area contributed by atoms with Gasteiger partial charge in [0, 0.05) is 40.1 Å². The molecule has 0 atom stereocenters. The Bertz CT molecular complexity index is 2060. The maximum atomic E-state index is 8.33. The minimum atomic E-state index is -2.49. The van der Waals surface area contributed by atoms with E-state index >= 15 is 0 Å². The number of furan rings is 1. The number of rotatable bonds is 2. The van der Waals surface area contributed by atoms with Crippen molar-refractivity contribution < 1.29 is 21.3 Å². The molecule has 0 saturated carbocycles. The third-order valence-corrected chi connectivity index (χ3v) is 6.37. The fourth-order valence-electron chi connectivity index (χ4n) is 4.76. The summed E-state index contributed by atoms with van der Waals surface area (Å²) >= 11 is 0. The number of aromatic nitrogens is 2. The van der Waals surface area contributed by atoms with E-state index in [4.69, 9.17) is 16.8 Å². The Morgan fingerprint density at radius 2 is 1.68 bits per heavy atom. The lowest BCUT2D eigenvalue weighted by Crippen LogP contribution is -2.31. The fraction of sp³-hybridized carbons (Fsp3) is 0.161. The average molecular weight is 453 g/mol. The SMILES string of the molecule is [2H]C([2H])([2H])c1c[n+](C)c(-c2c(C)cc(C([2H])([2H])[2H])c3c2oc2nc4c(C([2H])([2H])[2H])cccc4cc23)cc1-c1ccccc1. The zero-order valence-corrected chi connectivity index (χ0v) is 18.7. The summed E-state index contributed by atoms with van der Waals surface area (Å²) in [4.78, 5) is 4.61. The molecule has 0 saturated heterocycles. The van der Waals surface area contributed by atoms with E-state index in [-0.39, 0.29) is 33.5 Å². The van der Waals surface area contributed by atoms with Crippen molar-refractivity contribution in [1.29, 1.82) is 0 Å². The molecule has 0 aliphatic heterocycles. The highest BCUT2D eigenvalue weighted by Gasteiger charge is 2.24. The van der Waals surface area contributed by atoms with Crippen LogP contribution in [0.1, 0.15) is 34.6 Å². The van der Waals surface area contributed by atoms with Crippen LogP contribution in [0.2, 0.25) is 0 Å². The molecule has 6 rings (SSSR count). The van der Waals surface area contributed by atoms with Crippen LogP contribution in [0.5, 0.6) is 0 Å². The van der Waals surface area contributed by atoms with E-state index in [0.717, 1.165) is 5.56 Å². The Labute approximate surface area is 212 Å². The molecule has 166 valence electrons. The van der Waals surface area contributed by atoms with Crippen molar-refractivity contribution in [3.63, 3.8) is 0 Å². The Morgan fingerprint density at radius 1 is 0.853 bits per heavy atom. The highest BCUT2D eigenvalue weighted by atomic mass is 16.3. The molecule has 3 nitrogen and oxygen atoms in total. The van der Waals surface area contributed by atoms with Crippen LogP contribution in [0.15, 0.2) is 77.3 Å². The van der Waals surface area contributed by atoms with Crippen molar-refractivity contribution in [2.24, 2.45) is 7.05 Å². The van der Waals surface area contributed by atoms with Crippen LogP contribution in [0.4, 0.5) is 0 Å². The second-order valence-electron chi connectivity index (χ2n) is 8.60. The zero-order chi connectivity index (χ0) is 31.1. The second kappa shape index (κ2) is 7.53. The largest absolute Gasteiger partial charge is 0.437 e. The number of benzene rings is 3. The Kier molecular flexibility index (Phi) is 2.89. The van der Waals surface area contributed by atoms with Crippen LogP contribution >= 0.6 is 0 Å². The van der Waals surface area contributed by atoms with Gasteiger partial charge in [-0.25, -0.2) is 9.55 Å². The van der Waals surface area contributed by atoms with Gasteiger partial charge in [0.05, 0.1) is 11.1 Å². The number of hydrogen-bond acceptors (Lipinski definition) is 2. The van der Waals surface area contributed by atoms with E-state index in [9.17, 15) is 0 Å². The van der Waals surface area contributed by atoms with E-state index in [1.54, 1.807) is 55.1 Å². The number of para-hydroxylation sites is 1. The Hall–Kier alpha value is -3.98. The van der Waals surface area contributed by atoms with Gasteiger partial charge in [0.15, 0.2) is 11.8 Å². The molecule has 0 N–H and O–H groups in total. The number of aryl methyl sites for hydroxylation is 5. The summed E-state index contributed by atoms with van der Waals surface area (Å²) in [5, 5.41) is 1.34. The topological polar surface area (TPSA) is 29.9 Å². The molecular weight excluding hydrogens is 416 g/mol. The average Bonchev–Trinajstić information content (AvgIpc) is 3.27. The van der Waals surface area contributed by atoms with Crippen LogP contribution in [0.25, 0.3) is 55.4 Å². The second-order valence-corrected chi connectivity index (χ2v) is 8.60. The smallest absolute Gasteiger partial charge is 0.227 e. The van der Waals surface area contributed by atoms with Gasteiger partial charge in [0.25, 0.3) is 0 Å². The van der Waals surface area contributed by atoms with E-state index in [2.05, 4.69) is 4.98 Å². The van der Waals surface area contributed by atoms with Gasteiger partial charge in [0.1, 0.15) is 7.05 Å². The third-order valence-electron chi connectivity index (χ3n) is 6.37. The van der Waals surface area contributed by atoms with Crippen LogP contribution in [0, 0.1) is 27.5 Å². The Morgan fingerprint density at radius 3 is 2.47 bits per heavy atom. The first-order valence-electron chi connectivity index (χ1n) is 15.5. The van der Waals surface area contributed by atoms with Crippen LogP contribution in [-0.4, -0.2) is 4.98 Å². The number of pyridine rings is 2. The van der Waals surface area contributed by atoms with Gasteiger partial charge in [-0.3, -0.25) is 0 Å². The minimum absolute atomic E-state index is 0.0685. The molecular formula is C31H27N2O+. The lowest BCUT2D eigenvalue weighted by Gasteiger charge is -2.11. The maximum absolute atomic E-state index is 8.33. The first kappa shape index (κ1) is 13.0. The fourth-order valence-corrected chi connectivity index (χ4v) is 4.76. The third kappa shape index (κ3) is 3.04. The molecule has 0 aliphatic carbocycles. The number of fused-ring (bicyclic) bond motifs is 4. The quantitative estimate of drug-likeness (QED) is 0.254. The molecule has 0 spiro atoms. The molecule has 0 fully saturated rings. The molecule has 0 amide bonds. The van der Waals surface area contributed by atoms with Crippen LogP contribution in [0.3, 0.4) is 0 Å². The zero-order valence-electron chi connectivity index (χ0n) is 27.7. The summed E-state index contributed by atoms with van der Waals surface area (Å²) in [6, 6.07) is 19.2. The van der Waals surface area contributed by atoms with Crippen molar-refractivity contribution in [1.82, 2.24) is 4.98 Å². The first-order chi connectivity index (χ1) is 20.1. The summed E-state index contributed by atoms with van der Waals surface area (Å²) in [5.41, 5.74) is 4.01. The molecule has 3 aromatic carbocycles. The maximum Gasteiger partial charge on any atom is 0.227 e. The Balaban J connectivity index is 1.75. The molecule has 3 heteroatoms. The highest BCUT2D eigenvalue weighted by molar-refractivity contribution is 6.13. The van der Waals surface area contributed by atoms with Crippen LogP contribution < -0.4 is 4.57 Å². The van der Waals surface area contributed by atoms with Gasteiger partial charge in [-0.2, -0.15) is 0 Å². The summed E-state index contributed by atoms with van der Waals surface area (Å²) in [6.45, 7) is -5.51. The van der Waals surface area contributed by atoms with E-state index in [1.807, 2.05) is 30.3 Å². The van der Waals surface area contributed by atoms with Gasteiger partial charge in [0.2, 0.25) is 11.4 Å². The van der Waals surface area contributed by atoms with Gasteiger partial charge in [-0.05, 0) is 61.4 Å². The monoisotopic (exact) mass is 452 g/mol.